The van der Waals surface area contributed by atoms with E-state index in [0.29, 0.717) is 5.95 Å². The second kappa shape index (κ2) is 5.09. The highest BCUT2D eigenvalue weighted by Gasteiger charge is 2.11. The lowest BCUT2D eigenvalue weighted by atomic mass is 10.3. The maximum atomic E-state index is 13.5. The summed E-state index contributed by atoms with van der Waals surface area (Å²) in [6, 6.07) is 3.98. The third-order valence-electron chi connectivity index (χ3n) is 2.29. The Kier molecular flexibility index (Phi) is 3.53. The molecule has 0 spiro atoms. The molecular formula is C11H13FN4S. The average molecular weight is 252 g/mol. The molecule has 90 valence electrons. The fourth-order valence-corrected chi connectivity index (χ4v) is 2.14. The SMILES string of the molecule is CNc1ncc(F)c(NC(C)c2cccs2)n1. The van der Waals surface area contributed by atoms with Crippen molar-refractivity contribution in [3.05, 3.63) is 34.4 Å². The van der Waals surface area contributed by atoms with E-state index in [-0.39, 0.29) is 11.9 Å². The Hall–Kier alpha value is -1.69. The zero-order chi connectivity index (χ0) is 12.3. The van der Waals surface area contributed by atoms with Gasteiger partial charge in [-0.1, -0.05) is 6.07 Å². The van der Waals surface area contributed by atoms with Gasteiger partial charge in [-0.25, -0.2) is 9.37 Å². The monoisotopic (exact) mass is 252 g/mol. The first kappa shape index (κ1) is 11.8. The molecule has 2 rings (SSSR count). The Morgan fingerprint density at radius 2 is 2.29 bits per heavy atom. The maximum absolute atomic E-state index is 13.5. The van der Waals surface area contributed by atoms with Gasteiger partial charge in [0.25, 0.3) is 0 Å². The second-order valence-electron chi connectivity index (χ2n) is 3.52. The van der Waals surface area contributed by atoms with Gasteiger partial charge in [-0.15, -0.1) is 11.3 Å². The van der Waals surface area contributed by atoms with Crippen molar-refractivity contribution in [3.63, 3.8) is 0 Å². The molecule has 0 saturated heterocycles. The minimum Gasteiger partial charge on any atom is -0.360 e. The minimum absolute atomic E-state index is 0.0177. The summed E-state index contributed by atoms with van der Waals surface area (Å²) in [5.41, 5.74) is 0. The standard InChI is InChI=1S/C11H13FN4S/c1-7(9-4-3-5-17-9)15-10-8(12)6-14-11(13-2)16-10/h3-7H,1-2H3,(H2,13,14,15,16). The van der Waals surface area contributed by atoms with E-state index in [9.17, 15) is 4.39 Å². The molecule has 0 bridgehead atoms. The van der Waals surface area contributed by atoms with Crippen LogP contribution in [0.4, 0.5) is 16.2 Å². The van der Waals surface area contributed by atoms with E-state index >= 15 is 0 Å². The van der Waals surface area contributed by atoms with Crippen molar-refractivity contribution >= 4 is 23.1 Å². The predicted molar refractivity (Wildman–Crippen MR) is 67.9 cm³/mol. The Labute approximate surface area is 103 Å². The van der Waals surface area contributed by atoms with Crippen LogP contribution in [0, 0.1) is 5.82 Å². The first-order chi connectivity index (χ1) is 8.20. The van der Waals surface area contributed by atoms with E-state index in [1.807, 2.05) is 24.4 Å². The Bertz CT molecular complexity index is 486. The number of rotatable bonds is 4. The molecule has 0 saturated carbocycles. The predicted octanol–water partition coefficient (Wildman–Crippen LogP) is 2.89. The molecule has 2 N–H and O–H groups in total. The number of hydrogen-bond donors (Lipinski definition) is 2. The lowest BCUT2D eigenvalue weighted by Crippen LogP contribution is -2.10. The average Bonchev–Trinajstić information content (AvgIpc) is 2.85. The molecule has 2 heterocycles. The van der Waals surface area contributed by atoms with E-state index in [0.717, 1.165) is 11.1 Å². The minimum atomic E-state index is -0.451. The smallest absolute Gasteiger partial charge is 0.224 e. The van der Waals surface area contributed by atoms with Gasteiger partial charge in [0.1, 0.15) is 0 Å². The van der Waals surface area contributed by atoms with Crippen LogP contribution in [0.2, 0.25) is 0 Å². The second-order valence-corrected chi connectivity index (χ2v) is 4.50. The number of hydrogen-bond acceptors (Lipinski definition) is 5. The van der Waals surface area contributed by atoms with Crippen LogP contribution in [0.3, 0.4) is 0 Å². The summed E-state index contributed by atoms with van der Waals surface area (Å²) >= 11 is 1.62. The summed E-state index contributed by atoms with van der Waals surface area (Å²) < 4.78 is 13.5. The quantitative estimate of drug-likeness (QED) is 0.878. The number of anilines is 2. The summed E-state index contributed by atoms with van der Waals surface area (Å²) in [7, 11) is 1.69. The van der Waals surface area contributed by atoms with Crippen LogP contribution in [0.1, 0.15) is 17.8 Å². The van der Waals surface area contributed by atoms with E-state index in [2.05, 4.69) is 20.6 Å². The van der Waals surface area contributed by atoms with Crippen LogP contribution in [-0.4, -0.2) is 17.0 Å². The topological polar surface area (TPSA) is 49.8 Å². The first-order valence-electron chi connectivity index (χ1n) is 5.21. The highest BCUT2D eigenvalue weighted by molar-refractivity contribution is 7.10. The molecular weight excluding hydrogens is 239 g/mol. The highest BCUT2D eigenvalue weighted by atomic mass is 32.1. The number of halogens is 1. The van der Waals surface area contributed by atoms with Gasteiger partial charge in [0, 0.05) is 11.9 Å². The highest BCUT2D eigenvalue weighted by Crippen LogP contribution is 2.23. The molecule has 0 fully saturated rings. The molecule has 0 amide bonds. The molecule has 6 heteroatoms. The van der Waals surface area contributed by atoms with Gasteiger partial charge in [-0.05, 0) is 18.4 Å². The van der Waals surface area contributed by atoms with Crippen molar-refractivity contribution in [2.24, 2.45) is 0 Å². The fourth-order valence-electron chi connectivity index (χ4n) is 1.40. The summed E-state index contributed by atoms with van der Waals surface area (Å²) in [5, 5.41) is 7.80. The van der Waals surface area contributed by atoms with Crippen molar-refractivity contribution in [2.45, 2.75) is 13.0 Å². The largest absolute Gasteiger partial charge is 0.360 e. The summed E-state index contributed by atoms with van der Waals surface area (Å²) in [6.45, 7) is 1.96. The molecule has 2 aromatic rings. The van der Waals surface area contributed by atoms with Crippen molar-refractivity contribution in [3.8, 4) is 0 Å². The zero-order valence-electron chi connectivity index (χ0n) is 9.57. The third-order valence-corrected chi connectivity index (χ3v) is 3.35. The van der Waals surface area contributed by atoms with Crippen molar-refractivity contribution < 1.29 is 4.39 Å². The van der Waals surface area contributed by atoms with E-state index in [4.69, 9.17) is 0 Å². The molecule has 17 heavy (non-hydrogen) atoms. The molecule has 0 aliphatic carbocycles. The summed E-state index contributed by atoms with van der Waals surface area (Å²) in [4.78, 5) is 8.96. The zero-order valence-corrected chi connectivity index (χ0v) is 10.4. The number of thiophene rings is 1. The van der Waals surface area contributed by atoms with Crippen LogP contribution >= 0.6 is 11.3 Å². The van der Waals surface area contributed by atoms with Crippen LogP contribution in [0.25, 0.3) is 0 Å². The van der Waals surface area contributed by atoms with E-state index in [1.165, 1.54) is 0 Å². The van der Waals surface area contributed by atoms with E-state index < -0.39 is 5.82 Å². The molecule has 1 atom stereocenters. The molecule has 4 nitrogen and oxygen atoms in total. The van der Waals surface area contributed by atoms with Crippen molar-refractivity contribution in [2.75, 3.05) is 17.7 Å². The normalized spacial score (nSPS) is 12.2. The first-order valence-corrected chi connectivity index (χ1v) is 6.09. The lowest BCUT2D eigenvalue weighted by molar-refractivity contribution is 0.614. The van der Waals surface area contributed by atoms with Gasteiger partial charge < -0.3 is 10.6 Å². The third kappa shape index (κ3) is 2.71. The fraction of sp³-hybridized carbons (Fsp3) is 0.273. The van der Waals surface area contributed by atoms with Crippen LogP contribution < -0.4 is 10.6 Å². The van der Waals surface area contributed by atoms with Crippen LogP contribution in [-0.2, 0) is 0 Å². The van der Waals surface area contributed by atoms with Gasteiger partial charge in [-0.3, -0.25) is 0 Å². The molecule has 0 aliphatic heterocycles. The molecule has 0 aliphatic rings. The van der Waals surface area contributed by atoms with E-state index in [1.54, 1.807) is 18.4 Å². The Morgan fingerprint density at radius 3 is 2.94 bits per heavy atom. The summed E-state index contributed by atoms with van der Waals surface area (Å²) in [6.07, 6.45) is 1.16. The number of nitrogens with zero attached hydrogens (tertiary/aromatic N) is 2. The van der Waals surface area contributed by atoms with Crippen LogP contribution in [0.15, 0.2) is 23.7 Å². The van der Waals surface area contributed by atoms with Crippen LogP contribution in [0.5, 0.6) is 0 Å². The lowest BCUT2D eigenvalue weighted by Gasteiger charge is -2.13. The van der Waals surface area contributed by atoms with Gasteiger partial charge in [0.2, 0.25) is 5.95 Å². The molecule has 0 aromatic carbocycles. The van der Waals surface area contributed by atoms with Crippen molar-refractivity contribution in [1.82, 2.24) is 9.97 Å². The Morgan fingerprint density at radius 1 is 1.47 bits per heavy atom. The van der Waals surface area contributed by atoms with Gasteiger partial charge in [0.05, 0.1) is 12.2 Å². The van der Waals surface area contributed by atoms with Crippen molar-refractivity contribution in [1.29, 1.82) is 0 Å². The summed E-state index contributed by atoms with van der Waals surface area (Å²) in [5.74, 6) is 0.157. The maximum Gasteiger partial charge on any atom is 0.224 e. The number of nitrogens with one attached hydrogen (secondary N) is 2. The van der Waals surface area contributed by atoms with Gasteiger partial charge >= 0.3 is 0 Å². The molecule has 2 aromatic heterocycles. The van der Waals surface area contributed by atoms with Gasteiger partial charge in [0.15, 0.2) is 11.6 Å². The Balaban J connectivity index is 2.18. The van der Waals surface area contributed by atoms with Gasteiger partial charge in [-0.2, -0.15) is 4.98 Å². The molecule has 0 radical (unpaired) electrons. The number of aromatic nitrogens is 2. The molecule has 1 unspecified atom stereocenters.